The number of alkyl halides is 3. The Kier molecular flexibility index (Phi) is 4.08. The van der Waals surface area contributed by atoms with Crippen LogP contribution < -0.4 is 4.18 Å². The van der Waals surface area contributed by atoms with Crippen molar-refractivity contribution >= 4 is 17.8 Å². The van der Waals surface area contributed by atoms with Crippen LogP contribution in [0.5, 0.6) is 5.75 Å². The maximum atomic E-state index is 12.1. The minimum absolute atomic E-state index is 0.0608. The van der Waals surface area contributed by atoms with Crippen LogP contribution >= 0.6 is 12.0 Å². The third kappa shape index (κ3) is 3.43. The van der Waals surface area contributed by atoms with Crippen molar-refractivity contribution in [1.82, 2.24) is 0 Å². The van der Waals surface area contributed by atoms with Gasteiger partial charge in [0.05, 0.1) is 0 Å². The smallest absolute Gasteiger partial charge is 0.417 e. The van der Waals surface area contributed by atoms with Gasteiger partial charge >= 0.3 is 5.51 Å². The van der Waals surface area contributed by atoms with E-state index < -0.39 is 17.6 Å². The molecule has 0 aromatic heterocycles. The Morgan fingerprint density at radius 3 is 2.58 bits per heavy atom. The van der Waals surface area contributed by atoms with Gasteiger partial charge in [-0.3, -0.25) is 4.79 Å². The molecular formula is C13H13F3O2S. The van der Waals surface area contributed by atoms with Gasteiger partial charge in [-0.15, -0.1) is 0 Å². The maximum Gasteiger partial charge on any atom is 0.479 e. The van der Waals surface area contributed by atoms with Crippen molar-refractivity contribution in [2.24, 2.45) is 0 Å². The number of ketones is 1. The average Bonchev–Trinajstić information content (AvgIpc) is 2.50. The fourth-order valence-electron chi connectivity index (χ4n) is 2.22. The number of hydrogen-bond donors (Lipinski definition) is 0. The van der Waals surface area contributed by atoms with E-state index >= 15 is 0 Å². The van der Waals surface area contributed by atoms with Crippen LogP contribution in [0, 0.1) is 6.92 Å². The van der Waals surface area contributed by atoms with Crippen LogP contribution in [-0.2, 0) is 6.42 Å². The van der Waals surface area contributed by atoms with Crippen LogP contribution in [0.1, 0.15) is 40.7 Å². The first-order chi connectivity index (χ1) is 8.88. The lowest BCUT2D eigenvalue weighted by atomic mass is 9.97. The van der Waals surface area contributed by atoms with E-state index in [1.54, 1.807) is 13.0 Å². The molecular weight excluding hydrogens is 277 g/mol. The molecule has 0 spiro atoms. The molecule has 1 aliphatic rings. The Hall–Kier alpha value is -1.17. The first-order valence-electron chi connectivity index (χ1n) is 5.96. The van der Waals surface area contributed by atoms with E-state index in [2.05, 4.69) is 0 Å². The molecule has 1 aromatic carbocycles. The van der Waals surface area contributed by atoms with Crippen LogP contribution in [0.15, 0.2) is 12.1 Å². The van der Waals surface area contributed by atoms with Gasteiger partial charge in [-0.2, -0.15) is 13.2 Å². The normalized spacial score (nSPS) is 15.9. The Labute approximate surface area is 113 Å². The van der Waals surface area contributed by atoms with Gasteiger partial charge in [0.2, 0.25) is 0 Å². The van der Waals surface area contributed by atoms with Gasteiger partial charge in [0.1, 0.15) is 5.75 Å². The molecule has 0 aliphatic heterocycles. The summed E-state index contributed by atoms with van der Waals surface area (Å²) in [5.41, 5.74) is -2.36. The van der Waals surface area contributed by atoms with Crippen LogP contribution in [0.2, 0.25) is 0 Å². The summed E-state index contributed by atoms with van der Waals surface area (Å²) in [4.78, 5) is 11.9. The van der Waals surface area contributed by atoms with Gasteiger partial charge in [-0.25, -0.2) is 0 Å². The number of carbonyl (C=O) groups excluding carboxylic acids is 1. The molecule has 104 valence electrons. The highest BCUT2D eigenvalue weighted by atomic mass is 32.2. The zero-order chi connectivity index (χ0) is 14.0. The van der Waals surface area contributed by atoms with Crippen LogP contribution in [0.25, 0.3) is 0 Å². The van der Waals surface area contributed by atoms with Crippen molar-refractivity contribution in [3.63, 3.8) is 0 Å². The molecule has 0 radical (unpaired) electrons. The molecule has 0 saturated heterocycles. The van der Waals surface area contributed by atoms with E-state index in [1.807, 2.05) is 0 Å². The number of hydrogen-bond acceptors (Lipinski definition) is 3. The summed E-state index contributed by atoms with van der Waals surface area (Å²) in [6.07, 6.45) is 2.90. The molecule has 1 aromatic rings. The van der Waals surface area contributed by atoms with Crippen molar-refractivity contribution in [1.29, 1.82) is 0 Å². The standard InChI is InChI=1S/C13H13F3O2S/c1-8-9-4-2-3-5-11(17)10(9)6-7-12(8)18-19-13(14,15)16/h6-7H,2-5H2,1H3. The summed E-state index contributed by atoms with van der Waals surface area (Å²) in [5.74, 6) is 0.237. The Bertz CT molecular complexity index is 497. The first-order valence-corrected chi connectivity index (χ1v) is 6.71. The number of rotatable bonds is 2. The molecule has 19 heavy (non-hydrogen) atoms. The lowest BCUT2D eigenvalue weighted by Gasteiger charge is -2.14. The SMILES string of the molecule is Cc1c(OSC(F)(F)F)ccc2c1CCCCC2=O. The third-order valence-corrected chi connectivity index (χ3v) is 3.61. The van der Waals surface area contributed by atoms with Gasteiger partial charge in [0, 0.05) is 12.0 Å². The first kappa shape index (κ1) is 14.2. The van der Waals surface area contributed by atoms with Crippen molar-refractivity contribution < 1.29 is 22.1 Å². The summed E-state index contributed by atoms with van der Waals surface area (Å²) in [6.45, 7) is 1.70. The molecule has 0 atom stereocenters. The summed E-state index contributed by atoms with van der Waals surface area (Å²) >= 11 is -0.527. The van der Waals surface area contributed by atoms with Crippen LogP contribution in [0.4, 0.5) is 13.2 Å². The highest BCUT2D eigenvalue weighted by Crippen LogP contribution is 2.36. The molecule has 2 nitrogen and oxygen atoms in total. The van der Waals surface area contributed by atoms with Crippen LogP contribution in [0.3, 0.4) is 0 Å². The highest BCUT2D eigenvalue weighted by Gasteiger charge is 2.32. The maximum absolute atomic E-state index is 12.1. The predicted molar refractivity (Wildman–Crippen MR) is 67.3 cm³/mol. The molecule has 0 unspecified atom stereocenters. The number of benzene rings is 1. The number of carbonyl (C=O) groups is 1. The average molecular weight is 290 g/mol. The molecule has 0 saturated carbocycles. The molecule has 0 heterocycles. The van der Waals surface area contributed by atoms with Crippen molar-refractivity contribution in [3.05, 3.63) is 28.8 Å². The molecule has 0 bridgehead atoms. The largest absolute Gasteiger partial charge is 0.479 e. The van der Waals surface area contributed by atoms with E-state index in [0.29, 0.717) is 24.0 Å². The third-order valence-electron chi connectivity index (χ3n) is 3.16. The Morgan fingerprint density at radius 2 is 1.89 bits per heavy atom. The van der Waals surface area contributed by atoms with Gasteiger partial charge in [-0.05, 0) is 49.4 Å². The van der Waals surface area contributed by atoms with E-state index in [9.17, 15) is 18.0 Å². The quantitative estimate of drug-likeness (QED) is 0.594. The minimum Gasteiger partial charge on any atom is -0.417 e. The predicted octanol–water partition coefficient (Wildman–Crippen LogP) is 4.45. The molecule has 2 rings (SSSR count). The molecule has 0 amide bonds. The fourth-order valence-corrected chi connectivity index (χ4v) is 2.59. The molecule has 0 N–H and O–H groups in total. The molecule has 1 aliphatic carbocycles. The van der Waals surface area contributed by atoms with Crippen molar-refractivity contribution in [3.8, 4) is 5.75 Å². The topological polar surface area (TPSA) is 26.3 Å². The summed E-state index contributed by atoms with van der Waals surface area (Å²) in [6, 6.07) is 3.01. The monoisotopic (exact) mass is 290 g/mol. The second-order valence-electron chi connectivity index (χ2n) is 4.46. The minimum atomic E-state index is -4.44. The molecule has 0 fully saturated rings. The van der Waals surface area contributed by atoms with Gasteiger partial charge in [-0.1, -0.05) is 0 Å². The highest BCUT2D eigenvalue weighted by molar-refractivity contribution is 7.95. The van der Waals surface area contributed by atoms with Gasteiger partial charge < -0.3 is 4.18 Å². The van der Waals surface area contributed by atoms with Crippen LogP contribution in [-0.4, -0.2) is 11.3 Å². The Morgan fingerprint density at radius 1 is 1.21 bits per heavy atom. The van der Waals surface area contributed by atoms with E-state index in [0.717, 1.165) is 18.4 Å². The summed E-state index contributed by atoms with van der Waals surface area (Å²) in [7, 11) is 0. The number of fused-ring (bicyclic) bond motifs is 1. The summed E-state index contributed by atoms with van der Waals surface area (Å²) in [5, 5.41) is 0. The van der Waals surface area contributed by atoms with Crippen molar-refractivity contribution in [2.75, 3.05) is 0 Å². The van der Waals surface area contributed by atoms with Crippen molar-refractivity contribution in [2.45, 2.75) is 38.1 Å². The fraction of sp³-hybridized carbons (Fsp3) is 0.462. The summed E-state index contributed by atoms with van der Waals surface area (Å²) < 4.78 is 41.1. The Balaban J connectivity index is 2.29. The lowest BCUT2D eigenvalue weighted by Crippen LogP contribution is -2.06. The lowest BCUT2D eigenvalue weighted by molar-refractivity contribution is -0.0369. The van der Waals surface area contributed by atoms with Gasteiger partial charge in [0.15, 0.2) is 17.8 Å². The zero-order valence-electron chi connectivity index (χ0n) is 10.3. The second kappa shape index (κ2) is 5.45. The number of halogens is 3. The van der Waals surface area contributed by atoms with E-state index in [1.165, 1.54) is 6.07 Å². The van der Waals surface area contributed by atoms with E-state index in [4.69, 9.17) is 4.18 Å². The number of Topliss-reactive ketones (excluding diaryl/α,β-unsaturated/α-hetero) is 1. The van der Waals surface area contributed by atoms with E-state index in [-0.39, 0.29) is 11.5 Å². The second-order valence-corrected chi connectivity index (χ2v) is 5.25. The van der Waals surface area contributed by atoms with Gasteiger partial charge in [0.25, 0.3) is 0 Å². The molecule has 6 heteroatoms. The zero-order valence-corrected chi connectivity index (χ0v) is 11.2.